The van der Waals surface area contributed by atoms with Crippen LogP contribution in [0.2, 0.25) is 0 Å². The minimum absolute atomic E-state index is 0.171. The molecule has 0 radical (unpaired) electrons. The molecule has 0 aliphatic carbocycles. The van der Waals surface area contributed by atoms with Crippen LogP contribution in [0.3, 0.4) is 0 Å². The highest BCUT2D eigenvalue weighted by atomic mass is 32.2. The normalized spacial score (nSPS) is 16.7. The average molecular weight is 336 g/mol. The van der Waals surface area contributed by atoms with Crippen LogP contribution in [-0.4, -0.2) is 17.0 Å². The molecule has 1 atom stereocenters. The molecule has 5 nitrogen and oxygen atoms in total. The number of anilines is 1. The van der Waals surface area contributed by atoms with E-state index in [4.69, 9.17) is 4.78 Å². The van der Waals surface area contributed by atoms with Gasteiger partial charge in [0.2, 0.25) is 0 Å². The zero-order valence-electron chi connectivity index (χ0n) is 12.2. The summed E-state index contributed by atoms with van der Waals surface area (Å²) in [4.78, 5) is 13.2. The number of hydrogen-bond acceptors (Lipinski definition) is 2. The zero-order chi connectivity index (χ0) is 16.6. The van der Waals surface area contributed by atoms with E-state index < -0.39 is 28.4 Å². The van der Waals surface area contributed by atoms with Gasteiger partial charge in [0.05, 0.1) is 4.90 Å². The fourth-order valence-electron chi connectivity index (χ4n) is 2.37. The van der Waals surface area contributed by atoms with E-state index >= 15 is 0 Å². The first-order valence-corrected chi connectivity index (χ1v) is 8.01. The Kier molecular flexibility index (Phi) is 4.10. The van der Waals surface area contributed by atoms with Gasteiger partial charge in [0.25, 0.3) is 5.91 Å². The lowest BCUT2D eigenvalue weighted by atomic mass is 10.2. The maximum atomic E-state index is 13.3. The third-order valence-electron chi connectivity index (χ3n) is 3.43. The molecule has 8 heteroatoms. The minimum Gasteiger partial charge on any atom is -0.345 e. The Hall–Kier alpha value is -2.32. The van der Waals surface area contributed by atoms with Gasteiger partial charge in [-0.15, -0.1) is 0 Å². The molecule has 0 saturated carbocycles. The molecule has 0 bridgehead atoms. The maximum absolute atomic E-state index is 13.3. The van der Waals surface area contributed by atoms with E-state index in [-0.39, 0.29) is 5.69 Å². The van der Waals surface area contributed by atoms with E-state index in [1.807, 2.05) is 6.08 Å². The lowest BCUT2D eigenvalue weighted by molar-refractivity contribution is 0.101. The highest BCUT2D eigenvalue weighted by Crippen LogP contribution is 2.24. The first-order valence-electron chi connectivity index (χ1n) is 6.78. The Labute approximate surface area is 134 Å². The molecule has 1 aromatic heterocycles. The summed E-state index contributed by atoms with van der Waals surface area (Å²) in [6.07, 6.45) is 5.37. The van der Waals surface area contributed by atoms with Crippen molar-refractivity contribution in [3.8, 4) is 0 Å². The zero-order valence-corrected chi connectivity index (χ0v) is 13.0. The number of halogens is 2. The predicted molar refractivity (Wildman–Crippen MR) is 85.1 cm³/mol. The van der Waals surface area contributed by atoms with Crippen molar-refractivity contribution < 1.29 is 13.6 Å². The van der Waals surface area contributed by atoms with Crippen molar-refractivity contribution in [2.75, 3.05) is 11.9 Å². The lowest BCUT2D eigenvalue weighted by Crippen LogP contribution is -2.17. The molecule has 1 aliphatic rings. The number of carbonyl (C=O) groups is 1. The van der Waals surface area contributed by atoms with E-state index in [0.29, 0.717) is 17.8 Å². The summed E-state index contributed by atoms with van der Waals surface area (Å²) in [7, 11) is 0.794. The molecule has 1 aromatic carbocycles. The van der Waals surface area contributed by atoms with E-state index in [1.54, 1.807) is 23.9 Å². The number of benzene rings is 1. The number of aromatic nitrogens is 1. The van der Waals surface area contributed by atoms with Crippen LogP contribution in [0.1, 0.15) is 16.1 Å². The summed E-state index contributed by atoms with van der Waals surface area (Å²) >= 11 is 0. The highest BCUT2D eigenvalue weighted by molar-refractivity contribution is 7.84. The number of carbonyl (C=O) groups excluding carboxylic acids is 1. The number of nitrogens with one attached hydrogen (secondary N) is 3. The van der Waals surface area contributed by atoms with Gasteiger partial charge in [-0.05, 0) is 23.0 Å². The van der Waals surface area contributed by atoms with Crippen molar-refractivity contribution in [1.82, 2.24) is 9.29 Å². The van der Waals surface area contributed by atoms with Crippen LogP contribution >= 0.6 is 0 Å². The molecule has 1 unspecified atom stereocenters. The molecule has 1 amide bonds. The fourth-order valence-corrected chi connectivity index (χ4v) is 3.44. The number of hydrogen-bond donors (Lipinski definition) is 3. The van der Waals surface area contributed by atoms with Crippen molar-refractivity contribution in [2.45, 2.75) is 4.90 Å². The van der Waals surface area contributed by atoms with Gasteiger partial charge in [0.1, 0.15) is 5.69 Å². The van der Waals surface area contributed by atoms with Crippen molar-refractivity contribution in [2.24, 2.45) is 7.05 Å². The SMILES string of the molecule is Cn1cc2c(c1C(=O)Nc1ccc(F)c(F)c1)C=CCNS2=N. The summed E-state index contributed by atoms with van der Waals surface area (Å²) in [5, 5.41) is 2.56. The van der Waals surface area contributed by atoms with Crippen molar-refractivity contribution >= 4 is 28.5 Å². The summed E-state index contributed by atoms with van der Waals surface area (Å²) in [6, 6.07) is 3.19. The number of aryl methyl sites for hydroxylation is 1. The van der Waals surface area contributed by atoms with Crippen LogP contribution in [0.15, 0.2) is 35.4 Å². The molecule has 3 N–H and O–H groups in total. The largest absolute Gasteiger partial charge is 0.345 e. The second kappa shape index (κ2) is 6.05. The lowest BCUT2D eigenvalue weighted by Gasteiger charge is -2.08. The van der Waals surface area contributed by atoms with Gasteiger partial charge in [-0.25, -0.2) is 13.5 Å². The van der Waals surface area contributed by atoms with Gasteiger partial charge in [0.15, 0.2) is 11.6 Å². The van der Waals surface area contributed by atoms with Crippen molar-refractivity contribution in [3.63, 3.8) is 0 Å². The summed E-state index contributed by atoms with van der Waals surface area (Å²) in [5.41, 5.74) is 1.20. The summed E-state index contributed by atoms with van der Waals surface area (Å²) in [6.45, 7) is 0.551. The quantitative estimate of drug-likeness (QED) is 0.789. The molecule has 0 spiro atoms. The van der Waals surface area contributed by atoms with Gasteiger partial charge in [0, 0.05) is 37.1 Å². The first kappa shape index (κ1) is 15.6. The maximum Gasteiger partial charge on any atom is 0.272 e. The first-order chi connectivity index (χ1) is 11.0. The number of amides is 1. The second-order valence-electron chi connectivity index (χ2n) is 5.01. The Morgan fingerprint density at radius 3 is 2.91 bits per heavy atom. The Balaban J connectivity index is 1.96. The molecule has 1 aliphatic heterocycles. The van der Waals surface area contributed by atoms with Crippen molar-refractivity contribution in [3.05, 3.63) is 53.4 Å². The van der Waals surface area contributed by atoms with Crippen LogP contribution in [0.5, 0.6) is 0 Å². The fraction of sp³-hybridized carbons (Fsp3) is 0.133. The van der Waals surface area contributed by atoms with Gasteiger partial charge in [-0.2, -0.15) is 0 Å². The Bertz CT molecular complexity index is 844. The molecule has 0 saturated heterocycles. The molecule has 2 aromatic rings. The van der Waals surface area contributed by atoms with Crippen LogP contribution in [0, 0.1) is 16.4 Å². The van der Waals surface area contributed by atoms with E-state index in [9.17, 15) is 13.6 Å². The standard InChI is InChI=1S/C15H14F2N4OS/c1-21-8-13-10(3-2-6-19-23(13)18)14(21)15(22)20-9-4-5-11(16)12(17)7-9/h2-5,7-8H,6H2,1H3,(H2,18,19)(H,20,22). The second-order valence-corrected chi connectivity index (χ2v) is 6.35. The van der Waals surface area contributed by atoms with Crippen LogP contribution < -0.4 is 10.0 Å². The molecule has 2 heterocycles. The number of nitrogens with zero attached hydrogens (tertiary/aromatic N) is 1. The predicted octanol–water partition coefficient (Wildman–Crippen LogP) is 2.83. The van der Waals surface area contributed by atoms with Gasteiger partial charge in [-0.3, -0.25) is 9.57 Å². The van der Waals surface area contributed by atoms with E-state index in [0.717, 1.165) is 17.0 Å². The van der Waals surface area contributed by atoms with Crippen LogP contribution in [0.4, 0.5) is 14.5 Å². The molecule has 0 fully saturated rings. The van der Waals surface area contributed by atoms with Gasteiger partial charge >= 0.3 is 0 Å². The third kappa shape index (κ3) is 2.95. The molecule has 23 heavy (non-hydrogen) atoms. The van der Waals surface area contributed by atoms with E-state index in [1.165, 1.54) is 6.07 Å². The minimum atomic E-state index is -1.02. The summed E-state index contributed by atoms with van der Waals surface area (Å²) < 4.78 is 38.9. The van der Waals surface area contributed by atoms with Gasteiger partial charge in [-0.1, -0.05) is 12.2 Å². The molecular weight excluding hydrogens is 322 g/mol. The topological polar surface area (TPSA) is 69.9 Å². The van der Waals surface area contributed by atoms with Crippen molar-refractivity contribution in [1.29, 1.82) is 4.78 Å². The van der Waals surface area contributed by atoms with Gasteiger partial charge < -0.3 is 9.88 Å². The van der Waals surface area contributed by atoms with Crippen LogP contribution in [0.25, 0.3) is 6.08 Å². The Morgan fingerprint density at radius 2 is 2.17 bits per heavy atom. The van der Waals surface area contributed by atoms with Crippen LogP contribution in [-0.2, 0) is 17.9 Å². The van der Waals surface area contributed by atoms with E-state index in [2.05, 4.69) is 10.0 Å². The number of rotatable bonds is 2. The monoisotopic (exact) mass is 336 g/mol. The molecule has 120 valence electrons. The molecule has 3 rings (SSSR count). The highest BCUT2D eigenvalue weighted by Gasteiger charge is 2.22. The molecular formula is C15H14F2N4OS. The average Bonchev–Trinajstić information content (AvgIpc) is 2.74. The number of fused-ring (bicyclic) bond motifs is 1. The summed E-state index contributed by atoms with van der Waals surface area (Å²) in [5.74, 6) is -2.43. The third-order valence-corrected chi connectivity index (χ3v) is 4.65. The smallest absolute Gasteiger partial charge is 0.272 e. The Morgan fingerprint density at radius 1 is 1.39 bits per heavy atom.